The molecule has 3 rings (SSSR count). The lowest BCUT2D eigenvalue weighted by molar-refractivity contribution is 0.379. The number of fused-ring (bicyclic) bond motifs is 1. The lowest BCUT2D eigenvalue weighted by Gasteiger charge is -2.23. The number of hydrogen-bond donors (Lipinski definition) is 1. The maximum atomic E-state index is 12.4. The summed E-state index contributed by atoms with van der Waals surface area (Å²) in [7, 11) is -3.64. The van der Waals surface area contributed by atoms with Crippen LogP contribution in [0, 0.1) is 17.2 Å². The Labute approximate surface area is 143 Å². The highest BCUT2D eigenvalue weighted by Gasteiger charge is 2.22. The van der Waals surface area contributed by atoms with Crippen LogP contribution in [0.4, 0.5) is 0 Å². The van der Waals surface area contributed by atoms with E-state index in [2.05, 4.69) is 30.2 Å². The van der Waals surface area contributed by atoms with Gasteiger partial charge in [0.25, 0.3) is 0 Å². The zero-order valence-corrected chi connectivity index (χ0v) is 14.6. The number of nitrogens with one attached hydrogen (secondary N) is 1. The molecule has 23 heavy (non-hydrogen) atoms. The Balaban J connectivity index is 1.70. The number of benzene rings is 1. The molecule has 0 unspecified atom stereocenters. The summed E-state index contributed by atoms with van der Waals surface area (Å²) in [5, 5.41) is 8.96. The average molecular weight is 395 g/mol. The monoisotopic (exact) mass is 394 g/mol. The van der Waals surface area contributed by atoms with E-state index >= 15 is 0 Å². The normalized spacial score (nSPS) is 17.5. The minimum atomic E-state index is -3.64. The SMILES string of the molecule is N#Cc1cc(Br)cc(S(=O)(=O)NC[C@H]2CCn3ccnc3C2)c1. The standard InChI is InChI=1S/C15H15BrN4O2S/c16-13-5-12(9-17)6-14(8-13)23(21,22)19-10-11-1-3-20-4-2-18-15(20)7-11/h2,4-6,8,11,19H,1,3,7,10H2/t11-/m0/s1. The van der Waals surface area contributed by atoms with Crippen LogP contribution in [0.5, 0.6) is 0 Å². The second-order valence-electron chi connectivity index (χ2n) is 5.53. The van der Waals surface area contributed by atoms with Crippen molar-refractivity contribution in [2.45, 2.75) is 24.3 Å². The van der Waals surface area contributed by atoms with Crippen LogP contribution in [-0.2, 0) is 23.0 Å². The first kappa shape index (κ1) is 16.2. The molecule has 1 aliphatic rings. The van der Waals surface area contributed by atoms with Gasteiger partial charge in [0.05, 0.1) is 16.5 Å². The van der Waals surface area contributed by atoms with Crippen LogP contribution in [0.25, 0.3) is 0 Å². The summed E-state index contributed by atoms with van der Waals surface area (Å²) in [4.78, 5) is 4.39. The number of sulfonamides is 1. The van der Waals surface area contributed by atoms with Gasteiger partial charge in [0.1, 0.15) is 5.82 Å². The number of nitriles is 1. The van der Waals surface area contributed by atoms with Gasteiger partial charge in [0, 0.05) is 36.4 Å². The van der Waals surface area contributed by atoms with Gasteiger partial charge in [-0.3, -0.25) is 0 Å². The molecule has 0 radical (unpaired) electrons. The molecule has 8 heteroatoms. The number of nitrogens with zero attached hydrogens (tertiary/aromatic N) is 3. The average Bonchev–Trinajstić information content (AvgIpc) is 3.00. The van der Waals surface area contributed by atoms with Gasteiger partial charge in [0.15, 0.2) is 0 Å². The molecule has 2 aromatic rings. The lowest BCUT2D eigenvalue weighted by atomic mass is 9.98. The summed E-state index contributed by atoms with van der Waals surface area (Å²) >= 11 is 3.23. The first-order valence-corrected chi connectivity index (χ1v) is 9.46. The summed E-state index contributed by atoms with van der Waals surface area (Å²) in [5.74, 6) is 1.22. The van der Waals surface area contributed by atoms with E-state index in [0.717, 1.165) is 25.2 Å². The Kier molecular flexibility index (Phi) is 4.53. The zero-order valence-electron chi connectivity index (χ0n) is 12.2. The molecule has 1 N–H and O–H groups in total. The van der Waals surface area contributed by atoms with Crippen LogP contribution in [-0.4, -0.2) is 24.5 Å². The lowest BCUT2D eigenvalue weighted by Crippen LogP contribution is -2.33. The van der Waals surface area contributed by atoms with Crippen LogP contribution in [0.1, 0.15) is 17.8 Å². The van der Waals surface area contributed by atoms with Gasteiger partial charge >= 0.3 is 0 Å². The van der Waals surface area contributed by atoms with Crippen molar-refractivity contribution in [3.8, 4) is 6.07 Å². The van der Waals surface area contributed by atoms with E-state index in [1.54, 1.807) is 12.3 Å². The number of hydrogen-bond acceptors (Lipinski definition) is 4. The molecule has 0 spiro atoms. The van der Waals surface area contributed by atoms with E-state index in [-0.39, 0.29) is 10.8 Å². The Morgan fingerprint density at radius 2 is 2.26 bits per heavy atom. The predicted molar refractivity (Wildman–Crippen MR) is 88.1 cm³/mol. The van der Waals surface area contributed by atoms with Crippen LogP contribution < -0.4 is 4.72 Å². The molecule has 0 bridgehead atoms. The van der Waals surface area contributed by atoms with Gasteiger partial charge in [-0.15, -0.1) is 0 Å². The smallest absolute Gasteiger partial charge is 0.240 e. The summed E-state index contributed by atoms with van der Waals surface area (Å²) in [6.45, 7) is 1.22. The largest absolute Gasteiger partial charge is 0.335 e. The van der Waals surface area contributed by atoms with Crippen LogP contribution >= 0.6 is 15.9 Å². The number of aromatic nitrogens is 2. The molecule has 0 aliphatic carbocycles. The third-order valence-electron chi connectivity index (χ3n) is 3.92. The Hall–Kier alpha value is -1.69. The Morgan fingerprint density at radius 3 is 3.04 bits per heavy atom. The molecule has 0 fully saturated rings. The van der Waals surface area contributed by atoms with Crippen LogP contribution in [0.3, 0.4) is 0 Å². The molecular formula is C15H15BrN4O2S. The van der Waals surface area contributed by atoms with Crippen molar-refractivity contribution in [2.24, 2.45) is 5.92 Å². The summed E-state index contributed by atoms with van der Waals surface area (Å²) in [6.07, 6.45) is 5.39. The third kappa shape index (κ3) is 3.63. The highest BCUT2D eigenvalue weighted by molar-refractivity contribution is 9.10. The van der Waals surface area contributed by atoms with Crippen molar-refractivity contribution in [2.75, 3.05) is 6.54 Å². The first-order valence-electron chi connectivity index (χ1n) is 7.18. The molecule has 1 aromatic carbocycles. The van der Waals surface area contributed by atoms with Crippen molar-refractivity contribution < 1.29 is 8.42 Å². The Morgan fingerprint density at radius 1 is 1.43 bits per heavy atom. The summed E-state index contributed by atoms with van der Waals surface area (Å²) < 4.78 is 30.2. The third-order valence-corrected chi connectivity index (χ3v) is 5.78. The summed E-state index contributed by atoms with van der Waals surface area (Å²) in [5.41, 5.74) is 0.305. The molecule has 1 aromatic heterocycles. The zero-order chi connectivity index (χ0) is 16.4. The fourth-order valence-corrected chi connectivity index (χ4v) is 4.51. The first-order chi connectivity index (χ1) is 11.0. The van der Waals surface area contributed by atoms with E-state index in [4.69, 9.17) is 5.26 Å². The minimum absolute atomic E-state index is 0.0979. The van der Waals surface area contributed by atoms with Crippen molar-refractivity contribution in [3.05, 3.63) is 46.5 Å². The number of rotatable bonds is 4. The Bertz CT molecular complexity index is 870. The number of halogens is 1. The van der Waals surface area contributed by atoms with E-state index in [1.165, 1.54) is 12.1 Å². The maximum absolute atomic E-state index is 12.4. The van der Waals surface area contributed by atoms with Crippen LogP contribution in [0.15, 0.2) is 40.0 Å². The molecule has 6 nitrogen and oxygen atoms in total. The molecule has 120 valence electrons. The second-order valence-corrected chi connectivity index (χ2v) is 8.22. The highest BCUT2D eigenvalue weighted by atomic mass is 79.9. The van der Waals surface area contributed by atoms with Crippen LogP contribution in [0.2, 0.25) is 0 Å². The van der Waals surface area contributed by atoms with E-state index in [1.807, 2.05) is 12.3 Å². The van der Waals surface area contributed by atoms with Gasteiger partial charge in [-0.1, -0.05) is 15.9 Å². The molecule has 1 atom stereocenters. The van der Waals surface area contributed by atoms with Crippen molar-refractivity contribution in [1.82, 2.24) is 14.3 Å². The highest BCUT2D eigenvalue weighted by Crippen LogP contribution is 2.21. The van der Waals surface area contributed by atoms with Crippen molar-refractivity contribution >= 4 is 26.0 Å². The predicted octanol–water partition coefficient (Wildman–Crippen LogP) is 2.06. The minimum Gasteiger partial charge on any atom is -0.335 e. The molecule has 2 heterocycles. The molecular weight excluding hydrogens is 380 g/mol. The number of imidazole rings is 1. The maximum Gasteiger partial charge on any atom is 0.240 e. The van der Waals surface area contributed by atoms with Crippen molar-refractivity contribution in [3.63, 3.8) is 0 Å². The number of aryl methyl sites for hydroxylation is 1. The van der Waals surface area contributed by atoms with Crippen molar-refractivity contribution in [1.29, 1.82) is 5.26 Å². The van der Waals surface area contributed by atoms with Gasteiger partial charge in [-0.25, -0.2) is 18.1 Å². The summed E-state index contributed by atoms with van der Waals surface area (Å²) in [6, 6.07) is 6.42. The molecule has 0 amide bonds. The van der Waals surface area contributed by atoms with Gasteiger partial charge in [-0.05, 0) is 30.5 Å². The fourth-order valence-electron chi connectivity index (χ4n) is 2.68. The topological polar surface area (TPSA) is 87.8 Å². The van der Waals surface area contributed by atoms with E-state index < -0.39 is 10.0 Å². The van der Waals surface area contributed by atoms with Gasteiger partial charge in [-0.2, -0.15) is 5.26 Å². The molecule has 1 aliphatic heterocycles. The fraction of sp³-hybridized carbons (Fsp3) is 0.333. The molecule has 0 saturated heterocycles. The van der Waals surface area contributed by atoms with E-state index in [9.17, 15) is 8.42 Å². The van der Waals surface area contributed by atoms with E-state index in [0.29, 0.717) is 16.6 Å². The second kappa shape index (κ2) is 6.43. The van der Waals surface area contributed by atoms with Gasteiger partial charge < -0.3 is 4.57 Å². The molecule has 0 saturated carbocycles. The van der Waals surface area contributed by atoms with Gasteiger partial charge in [0.2, 0.25) is 10.0 Å². The quantitative estimate of drug-likeness (QED) is 0.859.